The van der Waals surface area contributed by atoms with Gasteiger partial charge in [0.25, 0.3) is 0 Å². The van der Waals surface area contributed by atoms with Crippen molar-refractivity contribution in [1.82, 2.24) is 10.6 Å². The molecule has 4 heteroatoms. The highest BCUT2D eigenvalue weighted by Crippen LogP contribution is 2.12. The van der Waals surface area contributed by atoms with Crippen molar-refractivity contribution >= 4 is 6.03 Å². The normalized spacial score (nSPS) is 11.6. The van der Waals surface area contributed by atoms with Gasteiger partial charge in [0.15, 0.2) is 0 Å². The highest BCUT2D eigenvalue weighted by molar-refractivity contribution is 5.73. The van der Waals surface area contributed by atoms with Gasteiger partial charge < -0.3 is 15.7 Å². The summed E-state index contributed by atoms with van der Waals surface area (Å²) in [6, 6.07) is -0.186. The Kier molecular flexibility index (Phi) is 7.96. The number of aliphatic hydroxyl groups is 1. The molecule has 0 unspecified atom stereocenters. The predicted molar refractivity (Wildman–Crippen MR) is 71.0 cm³/mol. The maximum atomic E-state index is 11.4. The van der Waals surface area contributed by atoms with Crippen molar-refractivity contribution in [3.63, 3.8) is 0 Å². The molecule has 0 rings (SSSR count). The van der Waals surface area contributed by atoms with Crippen molar-refractivity contribution in [2.75, 3.05) is 13.1 Å². The second kappa shape index (κ2) is 8.34. The third kappa shape index (κ3) is 8.02. The quantitative estimate of drug-likeness (QED) is 0.574. The molecule has 0 aliphatic heterocycles. The van der Waals surface area contributed by atoms with Gasteiger partial charge in [-0.3, -0.25) is 0 Å². The Bertz CT molecular complexity index is 213. The molecule has 0 saturated carbocycles. The van der Waals surface area contributed by atoms with E-state index in [1.165, 1.54) is 0 Å². The van der Waals surface area contributed by atoms with Crippen molar-refractivity contribution < 1.29 is 9.90 Å². The molecule has 0 bridgehead atoms. The van der Waals surface area contributed by atoms with Crippen LogP contribution >= 0.6 is 0 Å². The average molecular weight is 244 g/mol. The van der Waals surface area contributed by atoms with Crippen molar-refractivity contribution in [2.24, 2.45) is 5.92 Å². The number of hydrogen-bond donors (Lipinski definition) is 3. The lowest BCUT2D eigenvalue weighted by Crippen LogP contribution is -2.46. The maximum Gasteiger partial charge on any atom is 0.314 e. The van der Waals surface area contributed by atoms with E-state index in [1.807, 2.05) is 13.8 Å². The van der Waals surface area contributed by atoms with E-state index in [9.17, 15) is 9.90 Å². The minimum Gasteiger partial charge on any atom is -0.388 e. The Morgan fingerprint density at radius 2 is 1.82 bits per heavy atom. The van der Waals surface area contributed by atoms with E-state index in [1.54, 1.807) is 0 Å². The zero-order valence-electron chi connectivity index (χ0n) is 11.7. The Labute approximate surface area is 105 Å². The van der Waals surface area contributed by atoms with Crippen LogP contribution < -0.4 is 10.6 Å². The van der Waals surface area contributed by atoms with Crippen molar-refractivity contribution in [3.8, 4) is 0 Å². The molecule has 0 saturated heterocycles. The number of amides is 2. The van der Waals surface area contributed by atoms with Crippen LogP contribution in [0.3, 0.4) is 0 Å². The largest absolute Gasteiger partial charge is 0.388 e. The van der Waals surface area contributed by atoms with Gasteiger partial charge in [-0.25, -0.2) is 4.79 Å². The first-order chi connectivity index (χ1) is 7.93. The van der Waals surface area contributed by atoms with Gasteiger partial charge in [0, 0.05) is 13.1 Å². The van der Waals surface area contributed by atoms with E-state index in [0.717, 1.165) is 12.8 Å². The van der Waals surface area contributed by atoms with Crippen LogP contribution in [0.1, 0.15) is 53.4 Å². The molecule has 0 atom stereocenters. The standard InChI is InChI=1S/C13H28N2O2/c1-5-13(17,6-2)10-15-12(16)14-9-7-8-11(3)4/h11,17H,5-10H2,1-4H3,(H2,14,15,16). The van der Waals surface area contributed by atoms with E-state index in [0.29, 0.717) is 31.8 Å². The van der Waals surface area contributed by atoms with Crippen LogP contribution in [-0.4, -0.2) is 29.8 Å². The molecule has 0 aromatic rings. The minimum atomic E-state index is -0.769. The molecule has 2 amide bonds. The van der Waals surface area contributed by atoms with E-state index in [-0.39, 0.29) is 6.03 Å². The Morgan fingerprint density at radius 1 is 1.24 bits per heavy atom. The molecule has 3 N–H and O–H groups in total. The third-order valence-corrected chi connectivity index (χ3v) is 3.14. The highest BCUT2D eigenvalue weighted by Gasteiger charge is 2.22. The first-order valence-electron chi connectivity index (χ1n) is 6.67. The molecule has 0 spiro atoms. The molecule has 0 aliphatic carbocycles. The van der Waals surface area contributed by atoms with Gasteiger partial charge in [-0.15, -0.1) is 0 Å². The summed E-state index contributed by atoms with van der Waals surface area (Å²) < 4.78 is 0. The third-order valence-electron chi connectivity index (χ3n) is 3.14. The van der Waals surface area contributed by atoms with Gasteiger partial charge >= 0.3 is 6.03 Å². The van der Waals surface area contributed by atoms with Gasteiger partial charge in [0.05, 0.1) is 5.60 Å². The summed E-state index contributed by atoms with van der Waals surface area (Å²) in [5.41, 5.74) is -0.769. The highest BCUT2D eigenvalue weighted by atomic mass is 16.3. The van der Waals surface area contributed by atoms with E-state index >= 15 is 0 Å². The molecule has 0 aromatic carbocycles. The van der Waals surface area contributed by atoms with Gasteiger partial charge in [-0.2, -0.15) is 0 Å². The Morgan fingerprint density at radius 3 is 2.29 bits per heavy atom. The molecule has 17 heavy (non-hydrogen) atoms. The smallest absolute Gasteiger partial charge is 0.314 e. The first kappa shape index (κ1) is 16.2. The summed E-state index contributed by atoms with van der Waals surface area (Å²) in [5, 5.41) is 15.5. The molecular weight excluding hydrogens is 216 g/mol. The number of carbonyl (C=O) groups is 1. The van der Waals surface area contributed by atoms with Gasteiger partial charge in [0.1, 0.15) is 0 Å². The lowest BCUT2D eigenvalue weighted by atomic mass is 9.98. The van der Waals surface area contributed by atoms with Crippen molar-refractivity contribution in [3.05, 3.63) is 0 Å². The summed E-state index contributed by atoms with van der Waals surface area (Å²) in [4.78, 5) is 11.4. The number of hydrogen-bond acceptors (Lipinski definition) is 2. The zero-order chi connectivity index (χ0) is 13.3. The summed E-state index contributed by atoms with van der Waals surface area (Å²) in [6.45, 7) is 9.19. The van der Waals surface area contributed by atoms with Crippen LogP contribution in [0.4, 0.5) is 4.79 Å². The molecular formula is C13H28N2O2. The Hall–Kier alpha value is -0.770. The van der Waals surface area contributed by atoms with Crippen LogP contribution in [-0.2, 0) is 0 Å². The topological polar surface area (TPSA) is 61.4 Å². The van der Waals surface area contributed by atoms with Crippen LogP contribution in [0.25, 0.3) is 0 Å². The van der Waals surface area contributed by atoms with E-state index in [2.05, 4.69) is 24.5 Å². The lowest BCUT2D eigenvalue weighted by Gasteiger charge is -2.25. The fraction of sp³-hybridized carbons (Fsp3) is 0.923. The average Bonchev–Trinajstić information content (AvgIpc) is 2.31. The van der Waals surface area contributed by atoms with Gasteiger partial charge in [-0.05, 0) is 31.6 Å². The Balaban J connectivity index is 3.66. The number of urea groups is 1. The SMILES string of the molecule is CCC(O)(CC)CNC(=O)NCCCC(C)C. The maximum absolute atomic E-state index is 11.4. The van der Waals surface area contributed by atoms with Crippen LogP contribution in [0.15, 0.2) is 0 Å². The first-order valence-corrected chi connectivity index (χ1v) is 6.67. The summed E-state index contributed by atoms with van der Waals surface area (Å²) in [7, 11) is 0. The zero-order valence-corrected chi connectivity index (χ0v) is 11.7. The van der Waals surface area contributed by atoms with Crippen molar-refractivity contribution in [2.45, 2.75) is 59.0 Å². The molecule has 0 radical (unpaired) electrons. The van der Waals surface area contributed by atoms with Crippen LogP contribution in [0, 0.1) is 5.92 Å². The summed E-state index contributed by atoms with van der Waals surface area (Å²) in [6.07, 6.45) is 3.42. The summed E-state index contributed by atoms with van der Waals surface area (Å²) in [5.74, 6) is 0.671. The van der Waals surface area contributed by atoms with Gasteiger partial charge in [0.2, 0.25) is 0 Å². The molecule has 0 heterocycles. The second-order valence-electron chi connectivity index (χ2n) is 5.08. The predicted octanol–water partition coefficient (Wildman–Crippen LogP) is 2.27. The summed E-state index contributed by atoms with van der Waals surface area (Å²) >= 11 is 0. The minimum absolute atomic E-state index is 0.186. The fourth-order valence-electron chi connectivity index (χ4n) is 1.52. The molecule has 4 nitrogen and oxygen atoms in total. The molecule has 102 valence electrons. The molecule has 0 aromatic heterocycles. The lowest BCUT2D eigenvalue weighted by molar-refractivity contribution is 0.0349. The number of nitrogens with one attached hydrogen (secondary N) is 2. The van der Waals surface area contributed by atoms with Gasteiger partial charge in [-0.1, -0.05) is 27.7 Å². The number of rotatable bonds is 8. The van der Waals surface area contributed by atoms with Crippen LogP contribution in [0.5, 0.6) is 0 Å². The van der Waals surface area contributed by atoms with Crippen LogP contribution in [0.2, 0.25) is 0 Å². The monoisotopic (exact) mass is 244 g/mol. The van der Waals surface area contributed by atoms with E-state index in [4.69, 9.17) is 0 Å². The molecule has 0 aliphatic rings. The van der Waals surface area contributed by atoms with Crippen molar-refractivity contribution in [1.29, 1.82) is 0 Å². The number of carbonyl (C=O) groups excluding carboxylic acids is 1. The van der Waals surface area contributed by atoms with E-state index < -0.39 is 5.60 Å². The molecule has 0 fully saturated rings. The fourth-order valence-corrected chi connectivity index (χ4v) is 1.52. The second-order valence-corrected chi connectivity index (χ2v) is 5.08.